The Morgan fingerprint density at radius 3 is 2.60 bits per heavy atom. The van der Waals surface area contributed by atoms with Crippen molar-refractivity contribution in [1.29, 1.82) is 0 Å². The molecule has 0 aromatic carbocycles. The Morgan fingerprint density at radius 1 is 1.27 bits per heavy atom. The lowest BCUT2D eigenvalue weighted by atomic mass is 10.4. The molecule has 0 heterocycles. The predicted molar refractivity (Wildman–Crippen MR) is 62.4 cm³/mol. The summed E-state index contributed by atoms with van der Waals surface area (Å²) in [5.41, 5.74) is 6.19. The summed E-state index contributed by atoms with van der Waals surface area (Å²) in [4.78, 5) is 11.1. The van der Waals surface area contributed by atoms with Crippen molar-refractivity contribution in [2.75, 3.05) is 32.7 Å². The molecule has 0 aliphatic carbocycles. The Hall–Kier alpha value is -1.07. The van der Waals surface area contributed by atoms with E-state index in [0.29, 0.717) is 13.1 Å². The first-order valence-electron chi connectivity index (χ1n) is 5.31. The Labute approximate surface area is 91.5 Å². The molecule has 0 saturated carbocycles. The van der Waals surface area contributed by atoms with Crippen molar-refractivity contribution >= 4 is 5.91 Å². The molecule has 0 saturated heterocycles. The SMILES string of the molecule is CCNC(=O)/C=C(/C)NCCNCCN. The maximum absolute atomic E-state index is 11.1. The number of nitrogens with one attached hydrogen (secondary N) is 3. The highest BCUT2D eigenvalue weighted by Crippen LogP contribution is 1.84. The Bertz CT molecular complexity index is 204. The first-order valence-corrected chi connectivity index (χ1v) is 5.31. The third-order valence-electron chi connectivity index (χ3n) is 1.73. The quantitative estimate of drug-likeness (QED) is 0.314. The van der Waals surface area contributed by atoms with Gasteiger partial charge in [-0.3, -0.25) is 4.79 Å². The van der Waals surface area contributed by atoms with Gasteiger partial charge in [-0.2, -0.15) is 0 Å². The van der Waals surface area contributed by atoms with Crippen LogP contribution in [0.4, 0.5) is 0 Å². The molecule has 0 radical (unpaired) electrons. The first-order chi connectivity index (χ1) is 7.20. The summed E-state index contributed by atoms with van der Waals surface area (Å²) in [7, 11) is 0. The normalized spacial score (nSPS) is 11.3. The lowest BCUT2D eigenvalue weighted by molar-refractivity contribution is -0.116. The molecule has 5 N–H and O–H groups in total. The summed E-state index contributed by atoms with van der Waals surface area (Å²) in [5.74, 6) is -0.0579. The average Bonchev–Trinajstić information content (AvgIpc) is 2.17. The van der Waals surface area contributed by atoms with Gasteiger partial charge >= 0.3 is 0 Å². The fourth-order valence-corrected chi connectivity index (χ4v) is 1.05. The number of hydrogen-bond acceptors (Lipinski definition) is 4. The van der Waals surface area contributed by atoms with Crippen LogP contribution in [0.25, 0.3) is 0 Å². The molecule has 0 bridgehead atoms. The summed E-state index contributed by atoms with van der Waals surface area (Å²) in [6.07, 6.45) is 1.56. The lowest BCUT2D eigenvalue weighted by Crippen LogP contribution is -2.30. The lowest BCUT2D eigenvalue weighted by Gasteiger charge is -2.07. The predicted octanol–water partition coefficient (Wildman–Crippen LogP) is -0.836. The van der Waals surface area contributed by atoms with Crippen LogP contribution in [0.3, 0.4) is 0 Å². The van der Waals surface area contributed by atoms with Crippen LogP contribution in [0.5, 0.6) is 0 Å². The topological polar surface area (TPSA) is 79.2 Å². The summed E-state index contributed by atoms with van der Waals surface area (Å²) < 4.78 is 0. The molecule has 0 aromatic heterocycles. The van der Waals surface area contributed by atoms with E-state index < -0.39 is 0 Å². The fraction of sp³-hybridized carbons (Fsp3) is 0.700. The van der Waals surface area contributed by atoms with Crippen molar-refractivity contribution in [2.24, 2.45) is 5.73 Å². The third kappa shape index (κ3) is 9.24. The zero-order chi connectivity index (χ0) is 11.5. The smallest absolute Gasteiger partial charge is 0.245 e. The van der Waals surface area contributed by atoms with E-state index >= 15 is 0 Å². The van der Waals surface area contributed by atoms with Crippen LogP contribution in [0.1, 0.15) is 13.8 Å². The highest BCUT2D eigenvalue weighted by Gasteiger charge is 1.94. The van der Waals surface area contributed by atoms with Gasteiger partial charge in [-0.05, 0) is 13.8 Å². The Morgan fingerprint density at radius 2 is 2.00 bits per heavy atom. The molecule has 0 rings (SSSR count). The first kappa shape index (κ1) is 13.9. The molecular weight excluding hydrogens is 192 g/mol. The third-order valence-corrected chi connectivity index (χ3v) is 1.73. The van der Waals surface area contributed by atoms with Gasteiger partial charge in [0, 0.05) is 44.5 Å². The van der Waals surface area contributed by atoms with Crippen molar-refractivity contribution < 1.29 is 4.79 Å². The Kier molecular flexibility index (Phi) is 8.81. The van der Waals surface area contributed by atoms with Crippen LogP contribution in [-0.4, -0.2) is 38.6 Å². The van der Waals surface area contributed by atoms with Gasteiger partial charge in [-0.15, -0.1) is 0 Å². The number of carbonyl (C=O) groups excluding carboxylic acids is 1. The van der Waals surface area contributed by atoms with Gasteiger partial charge in [-0.1, -0.05) is 0 Å². The number of rotatable bonds is 8. The molecule has 0 fully saturated rings. The number of hydrogen-bond donors (Lipinski definition) is 4. The number of likely N-dealkylation sites (N-methyl/N-ethyl adjacent to an activating group) is 1. The molecule has 0 spiro atoms. The van der Waals surface area contributed by atoms with Crippen LogP contribution < -0.4 is 21.7 Å². The molecule has 5 nitrogen and oxygen atoms in total. The van der Waals surface area contributed by atoms with Crippen molar-refractivity contribution in [3.63, 3.8) is 0 Å². The van der Waals surface area contributed by atoms with E-state index in [9.17, 15) is 4.79 Å². The fourth-order valence-electron chi connectivity index (χ4n) is 1.05. The molecule has 5 heteroatoms. The van der Waals surface area contributed by atoms with E-state index in [2.05, 4.69) is 16.0 Å². The molecule has 0 aromatic rings. The van der Waals surface area contributed by atoms with Crippen LogP contribution in [0, 0.1) is 0 Å². The van der Waals surface area contributed by atoms with E-state index in [1.54, 1.807) is 6.08 Å². The highest BCUT2D eigenvalue weighted by atomic mass is 16.1. The van der Waals surface area contributed by atoms with Crippen molar-refractivity contribution in [2.45, 2.75) is 13.8 Å². The van der Waals surface area contributed by atoms with Crippen molar-refractivity contribution in [3.8, 4) is 0 Å². The summed E-state index contributed by atoms with van der Waals surface area (Å²) >= 11 is 0. The van der Waals surface area contributed by atoms with E-state index in [-0.39, 0.29) is 5.91 Å². The second kappa shape index (κ2) is 9.48. The molecular formula is C10H22N4O. The van der Waals surface area contributed by atoms with Crippen LogP contribution >= 0.6 is 0 Å². The molecule has 0 atom stereocenters. The van der Waals surface area contributed by atoms with Crippen LogP contribution in [-0.2, 0) is 4.79 Å². The second-order valence-corrected chi connectivity index (χ2v) is 3.19. The molecule has 88 valence electrons. The molecule has 0 aliphatic heterocycles. The summed E-state index contributed by atoms with van der Waals surface area (Å²) in [5, 5.41) is 8.98. The zero-order valence-electron chi connectivity index (χ0n) is 9.60. The minimum atomic E-state index is -0.0579. The van der Waals surface area contributed by atoms with Gasteiger partial charge in [0.2, 0.25) is 5.91 Å². The molecule has 0 aliphatic rings. The van der Waals surface area contributed by atoms with Crippen molar-refractivity contribution in [1.82, 2.24) is 16.0 Å². The minimum absolute atomic E-state index is 0.0579. The number of amides is 1. The maximum atomic E-state index is 11.1. The molecule has 0 unspecified atom stereocenters. The summed E-state index contributed by atoms with van der Waals surface area (Å²) in [6.45, 7) is 7.53. The second-order valence-electron chi connectivity index (χ2n) is 3.19. The van der Waals surface area contributed by atoms with Gasteiger partial charge in [0.15, 0.2) is 0 Å². The number of carbonyl (C=O) groups is 1. The monoisotopic (exact) mass is 214 g/mol. The zero-order valence-corrected chi connectivity index (χ0v) is 9.60. The maximum Gasteiger partial charge on any atom is 0.245 e. The standard InChI is InChI=1S/C10H22N4O/c1-3-13-10(15)8-9(2)14-7-6-12-5-4-11/h8,12,14H,3-7,11H2,1-2H3,(H,13,15)/b9-8-. The van der Waals surface area contributed by atoms with E-state index in [0.717, 1.165) is 25.3 Å². The van der Waals surface area contributed by atoms with Crippen LogP contribution in [0.2, 0.25) is 0 Å². The van der Waals surface area contributed by atoms with Gasteiger partial charge in [0.25, 0.3) is 0 Å². The van der Waals surface area contributed by atoms with Crippen LogP contribution in [0.15, 0.2) is 11.8 Å². The molecule has 1 amide bonds. The van der Waals surface area contributed by atoms with Crippen molar-refractivity contribution in [3.05, 3.63) is 11.8 Å². The minimum Gasteiger partial charge on any atom is -0.387 e. The number of nitrogens with two attached hydrogens (primary N) is 1. The summed E-state index contributed by atoms with van der Waals surface area (Å²) in [6, 6.07) is 0. The van der Waals surface area contributed by atoms with Gasteiger partial charge in [0.05, 0.1) is 0 Å². The molecule has 15 heavy (non-hydrogen) atoms. The Balaban J connectivity index is 3.54. The van der Waals surface area contributed by atoms with E-state index in [1.165, 1.54) is 0 Å². The largest absolute Gasteiger partial charge is 0.387 e. The van der Waals surface area contributed by atoms with Gasteiger partial charge in [-0.25, -0.2) is 0 Å². The van der Waals surface area contributed by atoms with E-state index in [4.69, 9.17) is 5.73 Å². The average molecular weight is 214 g/mol. The van der Waals surface area contributed by atoms with Gasteiger partial charge < -0.3 is 21.7 Å². The van der Waals surface area contributed by atoms with Gasteiger partial charge in [0.1, 0.15) is 0 Å². The number of allylic oxidation sites excluding steroid dienone is 1. The van der Waals surface area contributed by atoms with E-state index in [1.807, 2.05) is 13.8 Å². The highest BCUT2D eigenvalue weighted by molar-refractivity contribution is 5.87.